The first-order valence-corrected chi connectivity index (χ1v) is 8.44. The van der Waals surface area contributed by atoms with Crippen molar-refractivity contribution in [1.29, 1.82) is 0 Å². The Morgan fingerprint density at radius 1 is 1.36 bits per heavy atom. The molecule has 2 aliphatic heterocycles. The molecule has 1 amide bonds. The molecule has 132 valence electrons. The fourth-order valence-corrected chi connectivity index (χ4v) is 3.76. The highest BCUT2D eigenvalue weighted by molar-refractivity contribution is 5.95. The fraction of sp³-hybridized carbons (Fsp3) is 0.529. The van der Waals surface area contributed by atoms with Gasteiger partial charge in [-0.25, -0.2) is 4.68 Å². The van der Waals surface area contributed by atoms with Crippen molar-refractivity contribution in [2.75, 3.05) is 13.1 Å². The van der Waals surface area contributed by atoms with Gasteiger partial charge in [-0.2, -0.15) is 0 Å². The molecular formula is C17H21N5O3. The summed E-state index contributed by atoms with van der Waals surface area (Å²) in [5, 5.41) is 8.10. The van der Waals surface area contributed by atoms with Crippen molar-refractivity contribution in [3.8, 4) is 0 Å². The van der Waals surface area contributed by atoms with Crippen molar-refractivity contribution in [2.45, 2.75) is 39.0 Å². The lowest BCUT2D eigenvalue weighted by Gasteiger charge is -2.41. The number of carbonyl (C=O) groups excluding carboxylic acids is 1. The monoisotopic (exact) mass is 343 g/mol. The number of ether oxygens (including phenoxy) is 1. The highest BCUT2D eigenvalue weighted by Crippen LogP contribution is 2.30. The molecule has 0 N–H and O–H groups in total. The quantitative estimate of drug-likeness (QED) is 0.756. The minimum absolute atomic E-state index is 0.0280. The number of nitrogens with zero attached hydrogens (tertiary/aromatic N) is 5. The first-order valence-electron chi connectivity index (χ1n) is 8.44. The maximum absolute atomic E-state index is 13.1. The SMILES string of the molecule is Cc1cc(C)n(C)c(=O)c1C(=O)N1CC[C@@H]2OCc3cnnn3[C@H]2C1. The van der Waals surface area contributed by atoms with Gasteiger partial charge in [-0.1, -0.05) is 5.21 Å². The predicted octanol–water partition coefficient (Wildman–Crippen LogP) is 0.580. The van der Waals surface area contributed by atoms with Crippen LogP contribution in [-0.4, -0.2) is 49.6 Å². The van der Waals surface area contributed by atoms with E-state index in [2.05, 4.69) is 10.3 Å². The lowest BCUT2D eigenvalue weighted by Crippen LogP contribution is -2.51. The minimum Gasteiger partial charge on any atom is -0.370 e. The number of hydrogen-bond acceptors (Lipinski definition) is 5. The van der Waals surface area contributed by atoms with Crippen molar-refractivity contribution in [2.24, 2.45) is 7.05 Å². The number of amides is 1. The molecule has 0 saturated carbocycles. The topological polar surface area (TPSA) is 82.2 Å². The van der Waals surface area contributed by atoms with E-state index < -0.39 is 0 Å². The summed E-state index contributed by atoms with van der Waals surface area (Å²) in [6, 6.07) is 1.82. The summed E-state index contributed by atoms with van der Waals surface area (Å²) in [6.07, 6.45) is 2.44. The Morgan fingerprint density at radius 2 is 2.16 bits per heavy atom. The molecule has 2 aromatic heterocycles. The van der Waals surface area contributed by atoms with Crippen LogP contribution in [0.5, 0.6) is 0 Å². The van der Waals surface area contributed by atoms with Crippen LogP contribution < -0.4 is 5.56 Å². The van der Waals surface area contributed by atoms with Crippen molar-refractivity contribution < 1.29 is 9.53 Å². The van der Waals surface area contributed by atoms with Gasteiger partial charge in [-0.15, -0.1) is 5.10 Å². The zero-order valence-electron chi connectivity index (χ0n) is 14.6. The van der Waals surface area contributed by atoms with Crippen molar-refractivity contribution in [3.05, 3.63) is 45.1 Å². The summed E-state index contributed by atoms with van der Waals surface area (Å²) in [5.74, 6) is -0.219. The van der Waals surface area contributed by atoms with E-state index in [1.54, 1.807) is 18.1 Å². The second-order valence-corrected chi connectivity index (χ2v) is 6.83. The maximum atomic E-state index is 13.1. The average molecular weight is 343 g/mol. The smallest absolute Gasteiger partial charge is 0.263 e. The van der Waals surface area contributed by atoms with Crippen molar-refractivity contribution >= 4 is 5.91 Å². The normalized spacial score (nSPS) is 22.4. The van der Waals surface area contributed by atoms with E-state index in [4.69, 9.17) is 4.74 Å². The summed E-state index contributed by atoms with van der Waals surface area (Å²) < 4.78 is 9.25. The Labute approximate surface area is 145 Å². The van der Waals surface area contributed by atoms with Crippen LogP contribution in [0.2, 0.25) is 0 Å². The molecule has 2 aromatic rings. The molecule has 2 atom stereocenters. The summed E-state index contributed by atoms with van der Waals surface area (Å²) >= 11 is 0. The minimum atomic E-state index is -0.244. The molecule has 4 rings (SSSR count). The number of aryl methyl sites for hydroxylation is 2. The summed E-state index contributed by atoms with van der Waals surface area (Å²) in [4.78, 5) is 27.4. The zero-order chi connectivity index (χ0) is 17.7. The number of fused-ring (bicyclic) bond motifs is 3. The van der Waals surface area contributed by atoms with Crippen LogP contribution in [0.3, 0.4) is 0 Å². The van der Waals surface area contributed by atoms with Gasteiger partial charge in [-0.05, 0) is 31.9 Å². The number of piperidine rings is 1. The molecule has 1 saturated heterocycles. The van der Waals surface area contributed by atoms with Gasteiger partial charge in [0.2, 0.25) is 0 Å². The summed E-state index contributed by atoms with van der Waals surface area (Å²) in [7, 11) is 1.69. The van der Waals surface area contributed by atoms with Gasteiger partial charge in [-0.3, -0.25) is 9.59 Å². The molecule has 0 unspecified atom stereocenters. The molecule has 4 heterocycles. The summed E-state index contributed by atoms with van der Waals surface area (Å²) in [5.41, 5.74) is 2.48. The van der Waals surface area contributed by atoms with Crippen LogP contribution in [0.15, 0.2) is 17.1 Å². The van der Waals surface area contributed by atoms with Gasteiger partial charge < -0.3 is 14.2 Å². The largest absolute Gasteiger partial charge is 0.370 e. The van der Waals surface area contributed by atoms with Gasteiger partial charge in [0, 0.05) is 25.8 Å². The Hall–Kier alpha value is -2.48. The molecule has 25 heavy (non-hydrogen) atoms. The van der Waals surface area contributed by atoms with Crippen LogP contribution in [0, 0.1) is 13.8 Å². The van der Waals surface area contributed by atoms with E-state index in [1.165, 1.54) is 4.57 Å². The fourth-order valence-electron chi connectivity index (χ4n) is 3.76. The Bertz CT molecular complexity index is 900. The number of carbonyl (C=O) groups is 1. The summed E-state index contributed by atoms with van der Waals surface area (Å²) in [6.45, 7) is 5.21. The third-order valence-corrected chi connectivity index (χ3v) is 5.30. The van der Waals surface area contributed by atoms with Crippen LogP contribution in [0.1, 0.15) is 39.8 Å². The zero-order valence-corrected chi connectivity index (χ0v) is 14.6. The van der Waals surface area contributed by atoms with E-state index in [9.17, 15) is 9.59 Å². The van der Waals surface area contributed by atoms with Gasteiger partial charge in [0.15, 0.2) is 0 Å². The predicted molar refractivity (Wildman–Crippen MR) is 89.3 cm³/mol. The molecule has 0 spiro atoms. The van der Waals surface area contributed by atoms with E-state index in [0.29, 0.717) is 25.3 Å². The van der Waals surface area contributed by atoms with E-state index in [1.807, 2.05) is 24.6 Å². The first-order chi connectivity index (χ1) is 12.0. The molecule has 8 nitrogen and oxygen atoms in total. The second-order valence-electron chi connectivity index (χ2n) is 6.83. The lowest BCUT2D eigenvalue weighted by molar-refractivity contribution is -0.0605. The Balaban J connectivity index is 1.65. The van der Waals surface area contributed by atoms with Gasteiger partial charge in [0.1, 0.15) is 5.56 Å². The molecule has 0 radical (unpaired) electrons. The highest BCUT2D eigenvalue weighted by Gasteiger charge is 2.38. The molecular weight excluding hydrogens is 322 g/mol. The van der Waals surface area contributed by atoms with Gasteiger partial charge >= 0.3 is 0 Å². The standard InChI is InChI=1S/C17H21N5O3/c1-10-6-11(2)20(3)16(23)15(10)17(24)21-5-4-14-13(8-21)22-12(9-25-14)7-18-19-22/h6-7,13-14H,4-5,8-9H2,1-3H3/t13-,14-/m0/s1. The number of rotatable bonds is 1. The maximum Gasteiger partial charge on any atom is 0.263 e. The molecule has 8 heteroatoms. The number of pyridine rings is 1. The number of hydrogen-bond donors (Lipinski definition) is 0. The van der Waals surface area contributed by atoms with Crippen LogP contribution in [0.4, 0.5) is 0 Å². The highest BCUT2D eigenvalue weighted by atomic mass is 16.5. The van der Waals surface area contributed by atoms with E-state index in [0.717, 1.165) is 17.8 Å². The number of likely N-dealkylation sites (tertiary alicyclic amines) is 1. The average Bonchev–Trinajstić information content (AvgIpc) is 3.08. The van der Waals surface area contributed by atoms with Crippen LogP contribution >= 0.6 is 0 Å². The first kappa shape index (κ1) is 16.0. The molecule has 1 fully saturated rings. The molecule has 0 aromatic carbocycles. The van der Waals surface area contributed by atoms with Crippen molar-refractivity contribution in [3.63, 3.8) is 0 Å². The van der Waals surface area contributed by atoms with Gasteiger partial charge in [0.05, 0.1) is 30.6 Å². The van der Waals surface area contributed by atoms with Gasteiger partial charge in [0.25, 0.3) is 11.5 Å². The molecule has 2 aliphatic rings. The van der Waals surface area contributed by atoms with E-state index >= 15 is 0 Å². The molecule has 0 aliphatic carbocycles. The molecule has 0 bridgehead atoms. The number of aromatic nitrogens is 4. The third-order valence-electron chi connectivity index (χ3n) is 5.30. The lowest BCUT2D eigenvalue weighted by atomic mass is 9.99. The van der Waals surface area contributed by atoms with E-state index in [-0.39, 0.29) is 29.2 Å². The van der Waals surface area contributed by atoms with Crippen LogP contribution in [0.25, 0.3) is 0 Å². The van der Waals surface area contributed by atoms with Crippen molar-refractivity contribution in [1.82, 2.24) is 24.5 Å². The van der Waals surface area contributed by atoms with Crippen LogP contribution in [-0.2, 0) is 18.4 Å². The second kappa shape index (κ2) is 5.80. The Kier molecular flexibility index (Phi) is 3.72. The Morgan fingerprint density at radius 3 is 2.96 bits per heavy atom. The third kappa shape index (κ3) is 2.48.